The van der Waals surface area contributed by atoms with Crippen LogP contribution in [-0.2, 0) is 14.1 Å². The average Bonchev–Trinajstić information content (AvgIpc) is 1.90. The Labute approximate surface area is 67.2 Å². The fourth-order valence-corrected chi connectivity index (χ4v) is 0.254. The van der Waals surface area contributed by atoms with Gasteiger partial charge >= 0.3 is 5.97 Å². The van der Waals surface area contributed by atoms with Crippen LogP contribution in [0.5, 0.6) is 0 Å². The first-order chi connectivity index (χ1) is 5.09. The zero-order chi connectivity index (χ0) is 9.28. The second kappa shape index (κ2) is 9.40. The number of hydrogen-bond donors (Lipinski definition) is 1. The van der Waals surface area contributed by atoms with Crippen LogP contribution in [0.1, 0.15) is 13.8 Å². The van der Waals surface area contributed by atoms with Crippen LogP contribution in [-0.4, -0.2) is 17.5 Å². The Kier molecular flexibility index (Phi) is 11.1. The lowest BCUT2D eigenvalue weighted by atomic mass is 10.4. The van der Waals surface area contributed by atoms with Gasteiger partial charge in [0.1, 0.15) is 0 Å². The van der Waals surface area contributed by atoms with Crippen molar-refractivity contribution in [3.63, 3.8) is 0 Å². The van der Waals surface area contributed by atoms with E-state index in [4.69, 9.17) is 9.46 Å². The molecule has 1 N–H and O–H groups in total. The summed E-state index contributed by atoms with van der Waals surface area (Å²) < 4.78 is 13.1. The van der Waals surface area contributed by atoms with Crippen LogP contribution in [0.4, 0.5) is 0 Å². The molecule has 0 aromatic carbocycles. The van der Waals surface area contributed by atoms with E-state index in [-0.39, 0.29) is 5.97 Å². The van der Waals surface area contributed by atoms with Crippen molar-refractivity contribution in [3.05, 3.63) is 12.2 Å². The van der Waals surface area contributed by atoms with E-state index < -0.39 is 8.69 Å². The van der Waals surface area contributed by atoms with Gasteiger partial charge in [0.05, 0.1) is 6.61 Å². The molecule has 0 bridgehead atoms. The van der Waals surface area contributed by atoms with Gasteiger partial charge < -0.3 is 9.63 Å². The van der Waals surface area contributed by atoms with E-state index in [0.717, 1.165) is 0 Å². The highest BCUT2D eigenvalue weighted by Crippen LogP contribution is 1.89. The molecule has 11 heavy (non-hydrogen) atoms. The van der Waals surface area contributed by atoms with Crippen LogP contribution in [0, 0.1) is 0 Å². The van der Waals surface area contributed by atoms with Crippen LogP contribution >= 0.6 is 8.69 Å². The van der Waals surface area contributed by atoms with Crippen molar-refractivity contribution in [1.29, 1.82) is 0 Å². The van der Waals surface area contributed by atoms with E-state index >= 15 is 0 Å². The summed E-state index contributed by atoms with van der Waals surface area (Å²) in [6.07, 6.45) is 0. The highest BCUT2D eigenvalue weighted by atomic mass is 31.1. The minimum Gasteiger partial charge on any atom is -0.463 e. The zero-order valence-electron chi connectivity index (χ0n) is 6.66. The Bertz CT molecular complexity index is 144. The van der Waals surface area contributed by atoms with E-state index in [2.05, 4.69) is 11.3 Å². The summed E-state index contributed by atoms with van der Waals surface area (Å²) in [4.78, 5) is 17.5. The third-order valence-corrected chi connectivity index (χ3v) is 0.624. The van der Waals surface area contributed by atoms with Crippen molar-refractivity contribution in [2.24, 2.45) is 0 Å². The summed E-state index contributed by atoms with van der Waals surface area (Å²) in [6.45, 7) is 7.21. The number of esters is 1. The van der Waals surface area contributed by atoms with Crippen molar-refractivity contribution in [2.45, 2.75) is 13.8 Å². The van der Waals surface area contributed by atoms with Crippen molar-refractivity contribution >= 4 is 14.7 Å². The van der Waals surface area contributed by atoms with Gasteiger partial charge in [-0.1, -0.05) is 6.58 Å². The molecule has 1 atom stereocenters. The van der Waals surface area contributed by atoms with Gasteiger partial charge in [-0.3, -0.25) is 4.57 Å². The van der Waals surface area contributed by atoms with Crippen LogP contribution in [0.25, 0.3) is 0 Å². The molecule has 0 aromatic heterocycles. The van der Waals surface area contributed by atoms with Gasteiger partial charge in [0.15, 0.2) is 8.69 Å². The van der Waals surface area contributed by atoms with E-state index in [0.29, 0.717) is 12.2 Å². The van der Waals surface area contributed by atoms with E-state index in [1.165, 1.54) is 0 Å². The van der Waals surface area contributed by atoms with Crippen LogP contribution in [0.15, 0.2) is 12.2 Å². The first-order valence-electron chi connectivity index (χ1n) is 3.00. The average molecular weight is 180 g/mol. The van der Waals surface area contributed by atoms with Crippen LogP contribution in [0.2, 0.25) is 0 Å². The fourth-order valence-electron chi connectivity index (χ4n) is 0.254. The third-order valence-electron chi connectivity index (χ3n) is 0.624. The summed E-state index contributed by atoms with van der Waals surface area (Å²) in [7, 11) is -1.50. The van der Waals surface area contributed by atoms with Gasteiger partial charge in [0.2, 0.25) is 0 Å². The van der Waals surface area contributed by atoms with Gasteiger partial charge in [-0.25, -0.2) is 4.79 Å². The molecule has 0 saturated carbocycles. The van der Waals surface area contributed by atoms with Gasteiger partial charge in [-0.15, -0.1) is 0 Å². The molecule has 0 fully saturated rings. The molecular weight excluding hydrogens is 167 g/mol. The number of carbonyl (C=O) groups is 1. The maximum Gasteiger partial charge on any atom is 0.333 e. The number of hydrogen-bond acceptors (Lipinski definition) is 3. The maximum absolute atomic E-state index is 10.4. The largest absolute Gasteiger partial charge is 0.463 e. The predicted octanol–water partition coefficient (Wildman–Crippen LogP) is 0.776. The molecule has 4 nitrogen and oxygen atoms in total. The molecule has 0 amide bonds. The molecular formula is C6H13O4P. The molecule has 66 valence electrons. The van der Waals surface area contributed by atoms with E-state index in [1.807, 2.05) is 0 Å². The minimum absolute atomic E-state index is 0.312. The van der Waals surface area contributed by atoms with E-state index in [1.54, 1.807) is 13.8 Å². The first kappa shape index (κ1) is 13.0. The molecule has 5 heteroatoms. The Balaban J connectivity index is 0. The van der Waals surface area contributed by atoms with Gasteiger partial charge in [0.25, 0.3) is 0 Å². The van der Waals surface area contributed by atoms with Crippen LogP contribution < -0.4 is 0 Å². The highest BCUT2D eigenvalue weighted by molar-refractivity contribution is 7.16. The molecule has 0 aromatic rings. The smallest absolute Gasteiger partial charge is 0.333 e. The molecule has 0 radical (unpaired) electrons. The number of rotatable bonds is 2. The van der Waals surface area contributed by atoms with Crippen LogP contribution in [0.3, 0.4) is 0 Å². The second-order valence-electron chi connectivity index (χ2n) is 1.61. The quantitative estimate of drug-likeness (QED) is 0.387. The van der Waals surface area contributed by atoms with Crippen molar-refractivity contribution in [3.8, 4) is 0 Å². The molecule has 0 heterocycles. The lowest BCUT2D eigenvalue weighted by Gasteiger charge is -1.96. The summed E-state index contributed by atoms with van der Waals surface area (Å²) in [5.41, 5.74) is 0.451. The fraction of sp³-hybridized carbons (Fsp3) is 0.500. The molecule has 1 unspecified atom stereocenters. The highest BCUT2D eigenvalue weighted by Gasteiger charge is 1.98. The minimum atomic E-state index is -1.50. The van der Waals surface area contributed by atoms with Gasteiger partial charge in [-0.2, -0.15) is 0 Å². The van der Waals surface area contributed by atoms with Gasteiger partial charge in [-0.05, 0) is 13.8 Å². The molecule has 0 aliphatic carbocycles. The Morgan fingerprint density at radius 2 is 2.09 bits per heavy atom. The predicted molar refractivity (Wildman–Crippen MR) is 44.1 cm³/mol. The second-order valence-corrected chi connectivity index (χ2v) is 1.82. The Hall–Kier alpha value is -0.600. The van der Waals surface area contributed by atoms with Crippen molar-refractivity contribution in [2.75, 3.05) is 6.61 Å². The summed E-state index contributed by atoms with van der Waals surface area (Å²) in [5.74, 6) is -0.312. The summed E-state index contributed by atoms with van der Waals surface area (Å²) in [6, 6.07) is 0. The van der Waals surface area contributed by atoms with Gasteiger partial charge in [0, 0.05) is 5.57 Å². The van der Waals surface area contributed by atoms with Crippen molar-refractivity contribution < 1.29 is 19.0 Å². The molecule has 0 spiro atoms. The molecule has 0 saturated heterocycles. The number of carbonyl (C=O) groups excluding carboxylic acids is 1. The lowest BCUT2D eigenvalue weighted by molar-refractivity contribution is -0.138. The molecule has 0 aliphatic rings. The Morgan fingerprint density at radius 3 is 2.18 bits per heavy atom. The van der Waals surface area contributed by atoms with Crippen molar-refractivity contribution in [1.82, 2.24) is 0 Å². The normalized spacial score (nSPS) is 8.64. The number of ether oxygens (including phenoxy) is 1. The standard InChI is InChI=1S/C6H10O2.H3O2P/c1-4-8-6(7)5(2)3;1-3-2/h2,4H2,1,3H3;3H2,(H,1,2). The SMILES string of the molecule is C=C(C)C(=O)OCC.O=[PH2]O. The Morgan fingerprint density at radius 1 is 1.73 bits per heavy atom. The molecule has 0 aliphatic heterocycles. The third kappa shape index (κ3) is 12.6. The van der Waals surface area contributed by atoms with E-state index in [9.17, 15) is 4.79 Å². The zero-order valence-corrected chi connectivity index (χ0v) is 7.82. The molecule has 0 rings (SSSR count). The monoisotopic (exact) mass is 180 g/mol. The first-order valence-corrected chi connectivity index (χ1v) is 3.99. The maximum atomic E-state index is 10.4. The summed E-state index contributed by atoms with van der Waals surface area (Å²) in [5, 5.41) is 0. The summed E-state index contributed by atoms with van der Waals surface area (Å²) >= 11 is 0. The topological polar surface area (TPSA) is 63.6 Å². The lowest BCUT2D eigenvalue weighted by Crippen LogP contribution is -2.03.